The van der Waals surface area contributed by atoms with Crippen LogP contribution in [0.2, 0.25) is 5.02 Å². The van der Waals surface area contributed by atoms with E-state index >= 15 is 0 Å². The van der Waals surface area contributed by atoms with Crippen molar-refractivity contribution in [2.24, 2.45) is 5.73 Å². The molecular weight excluding hydrogens is 347 g/mol. The van der Waals surface area contributed by atoms with E-state index in [1.165, 1.54) is 24.4 Å². The number of rotatable bonds is 6. The Hall–Kier alpha value is -2.67. The molecule has 132 valence electrons. The first-order chi connectivity index (χ1) is 11.9. The van der Waals surface area contributed by atoms with Crippen molar-refractivity contribution in [3.8, 4) is 0 Å². The van der Waals surface area contributed by atoms with Gasteiger partial charge < -0.3 is 15.8 Å². The minimum atomic E-state index is -0.415. The highest BCUT2D eigenvalue weighted by molar-refractivity contribution is 6.30. The van der Waals surface area contributed by atoms with Crippen LogP contribution in [0, 0.1) is 11.2 Å². The minimum absolute atomic E-state index is 0.176. The molecule has 2 aromatic rings. The first-order valence-electron chi connectivity index (χ1n) is 7.56. The SMILES string of the molecule is C[C@H](CCOC(=N)N)c1cc(NC(=O)c2ccc(Cl)cn2)ccc1F. The topological polar surface area (TPSA) is 101 Å². The summed E-state index contributed by atoms with van der Waals surface area (Å²) in [5.74, 6) is -0.968. The molecule has 0 bridgehead atoms. The van der Waals surface area contributed by atoms with Crippen molar-refractivity contribution in [1.29, 1.82) is 5.41 Å². The molecule has 6 nitrogen and oxygen atoms in total. The van der Waals surface area contributed by atoms with Gasteiger partial charge in [0.25, 0.3) is 11.9 Å². The van der Waals surface area contributed by atoms with Crippen molar-refractivity contribution in [2.75, 3.05) is 11.9 Å². The summed E-state index contributed by atoms with van der Waals surface area (Å²) < 4.78 is 18.9. The number of ether oxygens (including phenoxy) is 1. The number of anilines is 1. The molecule has 0 unspecified atom stereocenters. The average molecular weight is 365 g/mol. The van der Waals surface area contributed by atoms with Gasteiger partial charge in [0.2, 0.25) is 0 Å². The zero-order valence-corrected chi connectivity index (χ0v) is 14.3. The number of amidine groups is 1. The van der Waals surface area contributed by atoms with Crippen LogP contribution in [0.5, 0.6) is 0 Å². The normalized spacial score (nSPS) is 11.6. The van der Waals surface area contributed by atoms with E-state index in [4.69, 9.17) is 27.5 Å². The standard InChI is InChI=1S/C17H18ClFN4O2/c1-10(6-7-25-17(20)21)13-8-12(3-4-14(13)19)23-16(24)15-5-2-11(18)9-22-15/h2-5,8-10H,6-7H2,1H3,(H3,20,21)(H,23,24)/t10-/m1/s1. The fourth-order valence-electron chi connectivity index (χ4n) is 2.21. The van der Waals surface area contributed by atoms with Gasteiger partial charge in [-0.2, -0.15) is 0 Å². The van der Waals surface area contributed by atoms with E-state index in [-0.39, 0.29) is 30.1 Å². The highest BCUT2D eigenvalue weighted by atomic mass is 35.5. The molecule has 0 fully saturated rings. The smallest absolute Gasteiger partial charge is 0.278 e. The number of carbonyl (C=O) groups is 1. The van der Waals surface area contributed by atoms with E-state index in [9.17, 15) is 9.18 Å². The summed E-state index contributed by atoms with van der Waals surface area (Å²) >= 11 is 5.74. The fraction of sp³-hybridized carbons (Fsp3) is 0.235. The zero-order chi connectivity index (χ0) is 18.4. The van der Waals surface area contributed by atoms with Gasteiger partial charge in [-0.15, -0.1) is 0 Å². The number of nitrogens with two attached hydrogens (primary N) is 1. The van der Waals surface area contributed by atoms with Crippen LogP contribution in [-0.2, 0) is 4.74 Å². The maximum absolute atomic E-state index is 14.1. The lowest BCUT2D eigenvalue weighted by molar-refractivity contribution is 0.102. The lowest BCUT2D eigenvalue weighted by Crippen LogP contribution is -2.16. The third-order valence-corrected chi connectivity index (χ3v) is 3.78. The number of carbonyl (C=O) groups excluding carboxylic acids is 1. The van der Waals surface area contributed by atoms with Crippen molar-refractivity contribution < 1.29 is 13.9 Å². The molecular formula is C17H18ClFN4O2. The molecule has 8 heteroatoms. The predicted octanol–water partition coefficient (Wildman–Crippen LogP) is 3.53. The molecule has 25 heavy (non-hydrogen) atoms. The van der Waals surface area contributed by atoms with Gasteiger partial charge in [0, 0.05) is 11.9 Å². The zero-order valence-electron chi connectivity index (χ0n) is 13.6. The predicted molar refractivity (Wildman–Crippen MR) is 94.5 cm³/mol. The van der Waals surface area contributed by atoms with Gasteiger partial charge in [-0.05, 0) is 48.2 Å². The van der Waals surface area contributed by atoms with E-state index in [2.05, 4.69) is 10.3 Å². The Balaban J connectivity index is 2.08. The van der Waals surface area contributed by atoms with E-state index in [0.717, 1.165) is 0 Å². The Morgan fingerprint density at radius 3 is 2.84 bits per heavy atom. The molecule has 0 aliphatic rings. The van der Waals surface area contributed by atoms with Crippen LogP contribution in [0.15, 0.2) is 36.5 Å². The Morgan fingerprint density at radius 2 is 2.20 bits per heavy atom. The van der Waals surface area contributed by atoms with E-state index < -0.39 is 5.91 Å². The fourth-order valence-corrected chi connectivity index (χ4v) is 2.32. The van der Waals surface area contributed by atoms with E-state index in [1.807, 2.05) is 6.92 Å². The van der Waals surface area contributed by atoms with Crippen LogP contribution >= 0.6 is 11.6 Å². The molecule has 2 rings (SSSR count). The Kier molecular flexibility index (Phi) is 6.30. The Morgan fingerprint density at radius 1 is 1.44 bits per heavy atom. The molecule has 0 radical (unpaired) electrons. The molecule has 1 aromatic carbocycles. The molecule has 0 saturated heterocycles. The van der Waals surface area contributed by atoms with Crippen LogP contribution in [0.25, 0.3) is 0 Å². The van der Waals surface area contributed by atoms with Crippen molar-refractivity contribution >= 4 is 29.2 Å². The van der Waals surface area contributed by atoms with Crippen molar-refractivity contribution in [2.45, 2.75) is 19.3 Å². The molecule has 0 aliphatic carbocycles. The van der Waals surface area contributed by atoms with Crippen LogP contribution in [0.1, 0.15) is 35.3 Å². The largest absolute Gasteiger partial charge is 0.466 e. The number of halogens is 2. The van der Waals surface area contributed by atoms with Gasteiger partial charge >= 0.3 is 0 Å². The number of aromatic nitrogens is 1. The third-order valence-electron chi connectivity index (χ3n) is 3.55. The first kappa shape index (κ1) is 18.7. The summed E-state index contributed by atoms with van der Waals surface area (Å²) in [4.78, 5) is 16.1. The molecule has 1 aromatic heterocycles. The molecule has 0 saturated carbocycles. The van der Waals surface area contributed by atoms with Gasteiger partial charge in [0.05, 0.1) is 11.6 Å². The van der Waals surface area contributed by atoms with Crippen LogP contribution in [-0.4, -0.2) is 23.5 Å². The highest BCUT2D eigenvalue weighted by Crippen LogP contribution is 2.25. The number of hydrogen-bond acceptors (Lipinski definition) is 4. The van der Waals surface area contributed by atoms with Crippen LogP contribution < -0.4 is 11.1 Å². The Bertz CT molecular complexity index is 768. The van der Waals surface area contributed by atoms with Crippen molar-refractivity contribution in [1.82, 2.24) is 4.98 Å². The number of hydrogen-bond donors (Lipinski definition) is 3. The van der Waals surface area contributed by atoms with Crippen LogP contribution in [0.4, 0.5) is 10.1 Å². The minimum Gasteiger partial charge on any atom is -0.466 e. The summed E-state index contributed by atoms with van der Waals surface area (Å²) in [6, 6.07) is 7.04. The second kappa shape index (κ2) is 8.43. The first-order valence-corrected chi connectivity index (χ1v) is 7.93. The quantitative estimate of drug-likeness (QED) is 0.539. The monoisotopic (exact) mass is 364 g/mol. The van der Waals surface area contributed by atoms with Crippen LogP contribution in [0.3, 0.4) is 0 Å². The maximum Gasteiger partial charge on any atom is 0.278 e. The second-order valence-corrected chi connectivity index (χ2v) is 5.89. The summed E-state index contributed by atoms with van der Waals surface area (Å²) in [5.41, 5.74) is 6.22. The number of benzene rings is 1. The van der Waals surface area contributed by atoms with Gasteiger partial charge in [0.15, 0.2) is 0 Å². The maximum atomic E-state index is 14.1. The number of nitrogens with zero attached hydrogens (tertiary/aromatic N) is 1. The third kappa shape index (κ3) is 5.42. The molecule has 1 heterocycles. The van der Waals surface area contributed by atoms with E-state index in [0.29, 0.717) is 22.7 Å². The number of pyridine rings is 1. The van der Waals surface area contributed by atoms with Gasteiger partial charge in [-0.25, -0.2) is 9.37 Å². The molecule has 4 N–H and O–H groups in total. The summed E-state index contributed by atoms with van der Waals surface area (Å²) in [7, 11) is 0. The van der Waals surface area contributed by atoms with Crippen molar-refractivity contribution in [3.05, 3.63) is 58.6 Å². The number of amides is 1. The molecule has 1 atom stereocenters. The average Bonchev–Trinajstić information content (AvgIpc) is 2.56. The summed E-state index contributed by atoms with van der Waals surface area (Å²) in [6.07, 6.45) is 1.86. The summed E-state index contributed by atoms with van der Waals surface area (Å²) in [6.45, 7) is 2.04. The molecule has 1 amide bonds. The van der Waals surface area contributed by atoms with Gasteiger partial charge in [-0.3, -0.25) is 10.2 Å². The Labute approximate surface area is 149 Å². The molecule has 0 spiro atoms. The number of nitrogens with one attached hydrogen (secondary N) is 2. The second-order valence-electron chi connectivity index (χ2n) is 5.45. The highest BCUT2D eigenvalue weighted by Gasteiger charge is 2.14. The van der Waals surface area contributed by atoms with Gasteiger partial charge in [0.1, 0.15) is 11.5 Å². The molecule has 0 aliphatic heterocycles. The van der Waals surface area contributed by atoms with E-state index in [1.54, 1.807) is 12.1 Å². The lowest BCUT2D eigenvalue weighted by atomic mass is 9.97. The lowest BCUT2D eigenvalue weighted by Gasteiger charge is -2.15. The van der Waals surface area contributed by atoms with Gasteiger partial charge in [-0.1, -0.05) is 18.5 Å². The van der Waals surface area contributed by atoms with Crippen molar-refractivity contribution in [3.63, 3.8) is 0 Å². The summed E-state index contributed by atoms with van der Waals surface area (Å²) in [5, 5.41) is 10.1.